The Morgan fingerprint density at radius 1 is 1.09 bits per heavy atom. The highest BCUT2D eigenvalue weighted by atomic mass is 79.9. The van der Waals surface area contributed by atoms with Gasteiger partial charge in [0.2, 0.25) is 0 Å². The molecular formula is C26H22Br2ClN3O3. The van der Waals surface area contributed by atoms with Crippen LogP contribution in [0.2, 0.25) is 5.02 Å². The number of halogens is 3. The molecule has 4 rings (SSSR count). The predicted molar refractivity (Wildman–Crippen MR) is 147 cm³/mol. The van der Waals surface area contributed by atoms with Gasteiger partial charge >= 0.3 is 0 Å². The molecule has 0 saturated carbocycles. The predicted octanol–water partition coefficient (Wildman–Crippen LogP) is 7.17. The van der Waals surface area contributed by atoms with Crippen molar-refractivity contribution in [3.8, 4) is 11.5 Å². The van der Waals surface area contributed by atoms with Crippen molar-refractivity contribution in [3.63, 3.8) is 0 Å². The lowest BCUT2D eigenvalue weighted by Crippen LogP contribution is -2.23. The van der Waals surface area contributed by atoms with Crippen molar-refractivity contribution in [2.75, 3.05) is 7.11 Å². The third-order valence-corrected chi connectivity index (χ3v) is 6.43. The molecule has 3 aromatic carbocycles. The first-order valence-corrected chi connectivity index (χ1v) is 12.7. The van der Waals surface area contributed by atoms with Gasteiger partial charge in [0.25, 0.3) is 5.56 Å². The van der Waals surface area contributed by atoms with Crippen LogP contribution in [0.4, 0.5) is 0 Å². The number of aromatic nitrogens is 2. The van der Waals surface area contributed by atoms with Gasteiger partial charge in [-0.05, 0) is 48.0 Å². The minimum absolute atomic E-state index is 0.0226. The molecule has 180 valence electrons. The lowest BCUT2D eigenvalue weighted by Gasteiger charge is -2.15. The molecule has 0 aliphatic carbocycles. The van der Waals surface area contributed by atoms with E-state index in [9.17, 15) is 4.79 Å². The molecule has 0 unspecified atom stereocenters. The summed E-state index contributed by atoms with van der Waals surface area (Å²) < 4.78 is 14.6. The Morgan fingerprint density at radius 2 is 1.83 bits per heavy atom. The highest BCUT2D eigenvalue weighted by Gasteiger charge is 2.16. The van der Waals surface area contributed by atoms with Gasteiger partial charge in [-0.1, -0.05) is 69.4 Å². The van der Waals surface area contributed by atoms with Crippen molar-refractivity contribution in [1.29, 1.82) is 0 Å². The van der Waals surface area contributed by atoms with Gasteiger partial charge in [-0.3, -0.25) is 4.79 Å². The van der Waals surface area contributed by atoms with Gasteiger partial charge in [0, 0.05) is 25.4 Å². The van der Waals surface area contributed by atoms with Gasteiger partial charge in [-0.2, -0.15) is 9.78 Å². The Morgan fingerprint density at radius 3 is 2.51 bits per heavy atom. The summed E-state index contributed by atoms with van der Waals surface area (Å²) in [5.74, 6) is 1.58. The molecule has 0 amide bonds. The van der Waals surface area contributed by atoms with Crippen molar-refractivity contribution < 1.29 is 9.47 Å². The SMILES string of the molecule is COc1cc(Br)cc(C=Nn2c(C(C)C)nc3ccc(Br)cc3c2=O)c1OCc1ccc(Cl)cc1. The zero-order valence-corrected chi connectivity index (χ0v) is 23.2. The summed E-state index contributed by atoms with van der Waals surface area (Å²) in [5.41, 5.74) is 1.97. The first-order valence-electron chi connectivity index (χ1n) is 10.8. The largest absolute Gasteiger partial charge is 0.493 e. The Balaban J connectivity index is 1.78. The maximum absolute atomic E-state index is 13.4. The summed E-state index contributed by atoms with van der Waals surface area (Å²) in [6.45, 7) is 4.25. The van der Waals surface area contributed by atoms with Crippen molar-refractivity contribution in [2.45, 2.75) is 26.4 Å². The van der Waals surface area contributed by atoms with Crippen LogP contribution >= 0.6 is 43.5 Å². The molecule has 0 spiro atoms. The zero-order valence-electron chi connectivity index (χ0n) is 19.3. The number of methoxy groups -OCH3 is 1. The van der Waals surface area contributed by atoms with Crippen LogP contribution < -0.4 is 15.0 Å². The first-order chi connectivity index (χ1) is 16.8. The second-order valence-corrected chi connectivity index (χ2v) is 10.4. The lowest BCUT2D eigenvalue weighted by molar-refractivity contribution is 0.284. The summed E-state index contributed by atoms with van der Waals surface area (Å²) in [5, 5.41) is 5.68. The summed E-state index contributed by atoms with van der Waals surface area (Å²) in [6.07, 6.45) is 1.59. The number of ether oxygens (including phenoxy) is 2. The molecule has 0 atom stereocenters. The Bertz CT molecular complexity index is 1470. The van der Waals surface area contributed by atoms with Crippen LogP contribution in [0.5, 0.6) is 11.5 Å². The molecule has 0 fully saturated rings. The van der Waals surface area contributed by atoms with E-state index in [0.29, 0.717) is 45.4 Å². The van der Waals surface area contributed by atoms with Crippen LogP contribution in [0.3, 0.4) is 0 Å². The van der Waals surface area contributed by atoms with E-state index in [1.165, 1.54) is 4.68 Å². The molecule has 1 aromatic heterocycles. The van der Waals surface area contributed by atoms with E-state index in [1.807, 2.05) is 62.4 Å². The normalized spacial score (nSPS) is 11.5. The Labute approximate surface area is 224 Å². The van der Waals surface area contributed by atoms with Gasteiger partial charge in [0.05, 0.1) is 24.2 Å². The Hall–Kier alpha value is -2.68. The van der Waals surface area contributed by atoms with E-state index < -0.39 is 0 Å². The van der Waals surface area contributed by atoms with Gasteiger partial charge in [0.15, 0.2) is 11.5 Å². The van der Waals surface area contributed by atoms with E-state index >= 15 is 0 Å². The molecule has 6 nitrogen and oxygen atoms in total. The van der Waals surface area contributed by atoms with Crippen molar-refractivity contribution in [2.24, 2.45) is 5.10 Å². The molecule has 0 saturated heterocycles. The first kappa shape index (κ1) is 25.4. The molecule has 9 heteroatoms. The summed E-state index contributed by atoms with van der Waals surface area (Å²) >= 11 is 12.9. The average Bonchev–Trinajstić information content (AvgIpc) is 2.83. The van der Waals surface area contributed by atoms with Crippen LogP contribution in [0.25, 0.3) is 10.9 Å². The van der Waals surface area contributed by atoms with Crippen LogP contribution in [-0.4, -0.2) is 23.0 Å². The maximum atomic E-state index is 13.4. The molecule has 4 aromatic rings. The second kappa shape index (κ2) is 10.9. The summed E-state index contributed by atoms with van der Waals surface area (Å²) in [6, 6.07) is 16.5. The average molecular weight is 620 g/mol. The number of hydrogen-bond donors (Lipinski definition) is 0. The van der Waals surface area contributed by atoms with E-state index in [2.05, 4.69) is 37.0 Å². The maximum Gasteiger partial charge on any atom is 0.282 e. The molecule has 35 heavy (non-hydrogen) atoms. The fraction of sp³-hybridized carbons (Fsp3) is 0.192. The van der Waals surface area contributed by atoms with E-state index in [0.717, 1.165) is 14.5 Å². The fourth-order valence-electron chi connectivity index (χ4n) is 3.50. The third-order valence-electron chi connectivity index (χ3n) is 5.23. The van der Waals surface area contributed by atoms with Crippen LogP contribution in [0, 0.1) is 0 Å². The monoisotopic (exact) mass is 617 g/mol. The van der Waals surface area contributed by atoms with Crippen molar-refractivity contribution in [3.05, 3.63) is 95.9 Å². The number of fused-ring (bicyclic) bond motifs is 1. The smallest absolute Gasteiger partial charge is 0.282 e. The molecule has 0 N–H and O–H groups in total. The molecule has 0 bridgehead atoms. The minimum atomic E-state index is -0.248. The van der Waals surface area contributed by atoms with Crippen LogP contribution in [-0.2, 0) is 6.61 Å². The third kappa shape index (κ3) is 5.77. The van der Waals surface area contributed by atoms with Crippen LogP contribution in [0.15, 0.2) is 73.4 Å². The molecular weight excluding hydrogens is 598 g/mol. The number of nitrogens with zero attached hydrogens (tertiary/aromatic N) is 3. The molecule has 0 aliphatic rings. The van der Waals surface area contributed by atoms with Gasteiger partial charge in [0.1, 0.15) is 12.4 Å². The van der Waals surface area contributed by atoms with E-state index in [-0.39, 0.29) is 11.5 Å². The molecule has 0 radical (unpaired) electrons. The van der Waals surface area contributed by atoms with Gasteiger partial charge < -0.3 is 9.47 Å². The highest BCUT2D eigenvalue weighted by molar-refractivity contribution is 9.10. The topological polar surface area (TPSA) is 65.7 Å². The lowest BCUT2D eigenvalue weighted by atomic mass is 10.2. The van der Waals surface area contributed by atoms with E-state index in [4.69, 9.17) is 26.1 Å². The van der Waals surface area contributed by atoms with Gasteiger partial charge in [-0.15, -0.1) is 0 Å². The summed E-state index contributed by atoms with van der Waals surface area (Å²) in [7, 11) is 1.57. The molecule has 1 heterocycles. The second-order valence-electron chi connectivity index (χ2n) is 8.09. The van der Waals surface area contributed by atoms with Gasteiger partial charge in [-0.25, -0.2) is 4.98 Å². The number of rotatable bonds is 7. The van der Waals surface area contributed by atoms with Crippen LogP contribution in [0.1, 0.15) is 36.7 Å². The van der Waals surface area contributed by atoms with E-state index in [1.54, 1.807) is 19.4 Å². The summed E-state index contributed by atoms with van der Waals surface area (Å²) in [4.78, 5) is 18.1. The van der Waals surface area contributed by atoms with Crippen molar-refractivity contribution >= 4 is 60.6 Å². The standard InChI is InChI=1S/C26H22Br2ClN3O3/c1-15(2)25-31-22-9-6-18(27)11-21(22)26(33)32(25)30-13-17-10-19(28)12-23(34-3)24(17)35-14-16-4-7-20(29)8-5-16/h4-13,15H,14H2,1-3H3. The fourth-order valence-corrected chi connectivity index (χ4v) is 4.44. The number of benzene rings is 3. The minimum Gasteiger partial charge on any atom is -0.493 e. The molecule has 0 aliphatic heterocycles. The highest BCUT2D eigenvalue weighted by Crippen LogP contribution is 2.35. The Kier molecular flexibility index (Phi) is 7.94. The van der Waals surface area contributed by atoms with Crippen molar-refractivity contribution in [1.82, 2.24) is 9.66 Å². The zero-order chi connectivity index (χ0) is 25.1. The quantitative estimate of drug-likeness (QED) is 0.206. The number of hydrogen-bond acceptors (Lipinski definition) is 5.